The Kier molecular flexibility index (Phi) is 6.42. The number of ether oxygens (including phenoxy) is 2. The number of rotatable bonds is 6. The first kappa shape index (κ1) is 19.1. The van der Waals surface area contributed by atoms with Gasteiger partial charge in [0.05, 0.1) is 0 Å². The normalized spacial score (nSPS) is 11.4. The summed E-state index contributed by atoms with van der Waals surface area (Å²) in [5.41, 5.74) is 4.16. The second-order valence-electron chi connectivity index (χ2n) is 5.11. The van der Waals surface area contributed by atoms with Crippen LogP contribution < -0.4 is 20.3 Å². The molecule has 2 rings (SSSR count). The Morgan fingerprint density at radius 1 is 1.00 bits per heavy atom. The number of hydrogen-bond donors (Lipinski definition) is 2. The van der Waals surface area contributed by atoms with Gasteiger partial charge in [0.25, 0.3) is 11.8 Å². The van der Waals surface area contributed by atoms with Crippen molar-refractivity contribution in [3.8, 4) is 11.5 Å². The van der Waals surface area contributed by atoms with E-state index in [9.17, 15) is 22.8 Å². The van der Waals surface area contributed by atoms with Gasteiger partial charge in [-0.2, -0.15) is 0 Å². The Balaban J connectivity index is 1.75. The molecule has 0 saturated heterocycles. The third-order valence-corrected chi connectivity index (χ3v) is 3.07. The summed E-state index contributed by atoms with van der Waals surface area (Å²) in [7, 11) is 0. The van der Waals surface area contributed by atoms with E-state index in [1.165, 1.54) is 31.2 Å². The van der Waals surface area contributed by atoms with Crippen LogP contribution in [0.2, 0.25) is 0 Å². The number of benzene rings is 2. The van der Waals surface area contributed by atoms with Crippen LogP contribution in [-0.2, 0) is 9.59 Å². The molecule has 0 bridgehead atoms. The zero-order chi connectivity index (χ0) is 19.1. The minimum Gasteiger partial charge on any atom is -0.481 e. The molecule has 0 aliphatic heterocycles. The van der Waals surface area contributed by atoms with Crippen LogP contribution in [0.4, 0.5) is 13.2 Å². The van der Waals surface area contributed by atoms with E-state index in [1.54, 1.807) is 0 Å². The van der Waals surface area contributed by atoms with E-state index in [4.69, 9.17) is 9.47 Å². The zero-order valence-corrected chi connectivity index (χ0v) is 13.6. The summed E-state index contributed by atoms with van der Waals surface area (Å²) in [5, 5.41) is 0. The summed E-state index contributed by atoms with van der Waals surface area (Å²) in [6.07, 6.45) is -0.976. The quantitative estimate of drug-likeness (QED) is 0.766. The second-order valence-corrected chi connectivity index (χ2v) is 5.11. The number of halogens is 3. The number of hydrogen-bond acceptors (Lipinski definition) is 4. The molecule has 26 heavy (non-hydrogen) atoms. The second kappa shape index (κ2) is 8.75. The Morgan fingerprint density at radius 2 is 1.65 bits per heavy atom. The maximum Gasteiger partial charge on any atom is 0.279 e. The molecular weight excluding hydrogens is 353 g/mol. The summed E-state index contributed by atoms with van der Waals surface area (Å²) in [4.78, 5) is 23.4. The maximum absolute atomic E-state index is 13.3. The molecule has 0 aromatic heterocycles. The number of hydrazine groups is 1. The van der Waals surface area contributed by atoms with Crippen molar-refractivity contribution in [3.05, 3.63) is 59.9 Å². The van der Waals surface area contributed by atoms with Crippen molar-refractivity contribution in [3.63, 3.8) is 0 Å². The molecule has 1 unspecified atom stereocenters. The van der Waals surface area contributed by atoms with Crippen molar-refractivity contribution in [2.75, 3.05) is 6.61 Å². The van der Waals surface area contributed by atoms with Gasteiger partial charge in [0.15, 0.2) is 24.3 Å². The molecule has 0 heterocycles. The Labute approximate surface area is 146 Å². The topological polar surface area (TPSA) is 76.7 Å². The first-order chi connectivity index (χ1) is 12.3. The van der Waals surface area contributed by atoms with Crippen molar-refractivity contribution in [1.29, 1.82) is 0 Å². The SMILES string of the molecule is CC(Oc1ccc(F)cc1)C(=O)NNC(=O)COc1ccc(F)cc1F. The molecule has 0 aliphatic rings. The molecule has 2 N–H and O–H groups in total. The molecule has 0 aliphatic carbocycles. The van der Waals surface area contributed by atoms with Crippen LogP contribution >= 0.6 is 0 Å². The number of carbonyl (C=O) groups is 2. The van der Waals surface area contributed by atoms with E-state index in [0.717, 1.165) is 12.1 Å². The van der Waals surface area contributed by atoms with Crippen LogP contribution in [-0.4, -0.2) is 24.5 Å². The van der Waals surface area contributed by atoms with Gasteiger partial charge in [0, 0.05) is 6.07 Å². The lowest BCUT2D eigenvalue weighted by Gasteiger charge is -2.15. The molecule has 2 amide bonds. The first-order valence-corrected chi connectivity index (χ1v) is 7.44. The summed E-state index contributed by atoms with van der Waals surface area (Å²) in [6.45, 7) is 0.825. The Bertz CT molecular complexity index is 784. The van der Waals surface area contributed by atoms with Crippen LogP contribution in [0.3, 0.4) is 0 Å². The molecule has 2 aromatic rings. The lowest BCUT2D eigenvalue weighted by molar-refractivity contribution is -0.133. The third-order valence-electron chi connectivity index (χ3n) is 3.07. The van der Waals surface area contributed by atoms with E-state index < -0.39 is 42.0 Å². The maximum atomic E-state index is 13.3. The molecule has 6 nitrogen and oxygen atoms in total. The van der Waals surface area contributed by atoms with Crippen molar-refractivity contribution < 1.29 is 32.2 Å². The monoisotopic (exact) mass is 368 g/mol. The van der Waals surface area contributed by atoms with E-state index >= 15 is 0 Å². The van der Waals surface area contributed by atoms with Crippen LogP contribution in [0.5, 0.6) is 11.5 Å². The van der Waals surface area contributed by atoms with E-state index in [1.807, 2.05) is 0 Å². The molecule has 9 heteroatoms. The summed E-state index contributed by atoms with van der Waals surface area (Å²) in [6, 6.07) is 7.68. The Hall–Kier alpha value is -3.23. The highest BCUT2D eigenvalue weighted by atomic mass is 19.1. The molecule has 0 spiro atoms. The number of amides is 2. The summed E-state index contributed by atoms with van der Waals surface area (Å²) < 4.78 is 49.1. The van der Waals surface area contributed by atoms with E-state index in [-0.39, 0.29) is 11.5 Å². The minimum absolute atomic E-state index is 0.274. The molecule has 0 radical (unpaired) electrons. The highest BCUT2D eigenvalue weighted by Crippen LogP contribution is 2.17. The van der Waals surface area contributed by atoms with Crippen molar-refractivity contribution in [2.45, 2.75) is 13.0 Å². The van der Waals surface area contributed by atoms with Crippen LogP contribution in [0, 0.1) is 17.5 Å². The predicted octanol–water partition coefficient (Wildman–Crippen LogP) is 2.10. The molecular formula is C17H15F3N2O4. The smallest absolute Gasteiger partial charge is 0.279 e. The van der Waals surface area contributed by atoms with Crippen molar-refractivity contribution in [1.82, 2.24) is 10.9 Å². The lowest BCUT2D eigenvalue weighted by atomic mass is 10.3. The van der Waals surface area contributed by atoms with Crippen LogP contribution in [0.25, 0.3) is 0 Å². The average molecular weight is 368 g/mol. The largest absolute Gasteiger partial charge is 0.481 e. The molecule has 0 saturated carbocycles. The van der Waals surface area contributed by atoms with Gasteiger partial charge in [-0.15, -0.1) is 0 Å². The predicted molar refractivity (Wildman–Crippen MR) is 84.6 cm³/mol. The number of carbonyl (C=O) groups excluding carboxylic acids is 2. The molecule has 1 atom stereocenters. The van der Waals surface area contributed by atoms with E-state index in [0.29, 0.717) is 6.07 Å². The van der Waals surface area contributed by atoms with Crippen molar-refractivity contribution in [2.24, 2.45) is 0 Å². The fourth-order valence-electron chi connectivity index (χ4n) is 1.78. The van der Waals surface area contributed by atoms with Gasteiger partial charge in [0.2, 0.25) is 0 Å². The minimum atomic E-state index is -0.976. The average Bonchev–Trinajstić information content (AvgIpc) is 2.60. The third kappa shape index (κ3) is 5.69. The fourth-order valence-corrected chi connectivity index (χ4v) is 1.78. The van der Waals surface area contributed by atoms with Gasteiger partial charge in [-0.05, 0) is 43.3 Å². The van der Waals surface area contributed by atoms with Crippen molar-refractivity contribution >= 4 is 11.8 Å². The molecule has 2 aromatic carbocycles. The van der Waals surface area contributed by atoms with Crippen LogP contribution in [0.1, 0.15) is 6.92 Å². The summed E-state index contributed by atoms with van der Waals surface area (Å²) >= 11 is 0. The van der Waals surface area contributed by atoms with E-state index in [2.05, 4.69) is 10.9 Å². The highest BCUT2D eigenvalue weighted by Gasteiger charge is 2.16. The number of nitrogens with one attached hydrogen (secondary N) is 2. The lowest BCUT2D eigenvalue weighted by Crippen LogP contribution is -2.48. The fraction of sp³-hybridized carbons (Fsp3) is 0.176. The van der Waals surface area contributed by atoms with Gasteiger partial charge < -0.3 is 9.47 Å². The van der Waals surface area contributed by atoms with Gasteiger partial charge in [-0.3, -0.25) is 20.4 Å². The Morgan fingerprint density at radius 3 is 2.31 bits per heavy atom. The first-order valence-electron chi connectivity index (χ1n) is 7.44. The highest BCUT2D eigenvalue weighted by molar-refractivity contribution is 5.85. The van der Waals surface area contributed by atoms with Gasteiger partial charge >= 0.3 is 0 Å². The van der Waals surface area contributed by atoms with Gasteiger partial charge in [-0.25, -0.2) is 13.2 Å². The van der Waals surface area contributed by atoms with Gasteiger partial charge in [-0.1, -0.05) is 0 Å². The standard InChI is InChI=1S/C17H15F3N2O4/c1-10(26-13-5-2-11(18)3-6-13)17(24)22-21-16(23)9-25-15-7-4-12(19)8-14(15)20/h2-8,10H,9H2,1H3,(H,21,23)(H,22,24). The van der Waals surface area contributed by atoms with Gasteiger partial charge in [0.1, 0.15) is 17.4 Å². The molecule has 0 fully saturated rings. The molecule has 138 valence electrons. The summed E-state index contributed by atoms with van der Waals surface area (Å²) in [5.74, 6) is -3.65. The van der Waals surface area contributed by atoms with Crippen LogP contribution in [0.15, 0.2) is 42.5 Å². The zero-order valence-electron chi connectivity index (χ0n) is 13.6.